The normalized spacial score (nSPS) is 17.2. The van der Waals surface area contributed by atoms with Gasteiger partial charge < -0.3 is 4.98 Å². The molecule has 0 radical (unpaired) electrons. The Morgan fingerprint density at radius 3 is 2.83 bits per heavy atom. The van der Waals surface area contributed by atoms with Gasteiger partial charge in [-0.25, -0.2) is 4.98 Å². The van der Waals surface area contributed by atoms with Crippen molar-refractivity contribution in [2.24, 2.45) is 0 Å². The highest BCUT2D eigenvalue weighted by Gasteiger charge is 2.30. The molecule has 1 aliphatic heterocycles. The predicted molar refractivity (Wildman–Crippen MR) is 68.7 cm³/mol. The molecule has 6 nitrogen and oxygen atoms in total. The van der Waals surface area contributed by atoms with Crippen molar-refractivity contribution in [3.63, 3.8) is 0 Å². The Balaban J connectivity index is 2.07. The number of aromatic amines is 1. The maximum atomic E-state index is 11.7. The molecular formula is C12H17N5O. The molecular weight excluding hydrogens is 230 g/mol. The largest absolute Gasteiger partial charge is 0.311 e. The van der Waals surface area contributed by atoms with Crippen LogP contribution < -0.4 is 5.56 Å². The minimum Gasteiger partial charge on any atom is -0.311 e. The molecule has 2 aromatic heterocycles. The monoisotopic (exact) mass is 247 g/mol. The van der Waals surface area contributed by atoms with Gasteiger partial charge >= 0.3 is 0 Å². The van der Waals surface area contributed by atoms with E-state index in [1.807, 2.05) is 4.68 Å². The van der Waals surface area contributed by atoms with Crippen molar-refractivity contribution in [3.8, 4) is 0 Å². The van der Waals surface area contributed by atoms with Gasteiger partial charge in [0.25, 0.3) is 5.56 Å². The van der Waals surface area contributed by atoms with Gasteiger partial charge in [0.15, 0.2) is 5.52 Å². The molecule has 3 heterocycles. The Kier molecular flexibility index (Phi) is 2.66. The molecule has 0 aliphatic carbocycles. The zero-order chi connectivity index (χ0) is 12.7. The fourth-order valence-corrected chi connectivity index (χ4v) is 2.56. The highest BCUT2D eigenvalue weighted by molar-refractivity contribution is 5.75. The van der Waals surface area contributed by atoms with E-state index in [0.29, 0.717) is 11.6 Å². The van der Waals surface area contributed by atoms with Crippen LogP contribution in [-0.4, -0.2) is 44.3 Å². The van der Waals surface area contributed by atoms with Crippen LogP contribution in [0.4, 0.5) is 0 Å². The number of H-pyrrole nitrogens is 1. The molecule has 96 valence electrons. The molecule has 0 atom stereocenters. The molecule has 0 aromatic carbocycles. The van der Waals surface area contributed by atoms with Gasteiger partial charge in [0, 0.05) is 13.1 Å². The lowest BCUT2D eigenvalue weighted by atomic mass is 10.1. The van der Waals surface area contributed by atoms with Crippen LogP contribution in [0, 0.1) is 0 Å². The van der Waals surface area contributed by atoms with Gasteiger partial charge in [0.2, 0.25) is 0 Å². The van der Waals surface area contributed by atoms with Crippen LogP contribution in [0.5, 0.6) is 0 Å². The Hall–Kier alpha value is -1.69. The average molecular weight is 247 g/mol. The fourth-order valence-electron chi connectivity index (χ4n) is 2.56. The van der Waals surface area contributed by atoms with Crippen LogP contribution in [0.3, 0.4) is 0 Å². The van der Waals surface area contributed by atoms with E-state index in [9.17, 15) is 4.79 Å². The minimum atomic E-state index is -0.153. The summed E-state index contributed by atoms with van der Waals surface area (Å²) in [6, 6.07) is 0.383. The van der Waals surface area contributed by atoms with Crippen LogP contribution in [0.15, 0.2) is 11.1 Å². The number of nitrogens with zero attached hydrogens (tertiary/aromatic N) is 4. The second kappa shape index (κ2) is 4.20. The zero-order valence-electron chi connectivity index (χ0n) is 10.7. The van der Waals surface area contributed by atoms with E-state index in [4.69, 9.17) is 0 Å². The van der Waals surface area contributed by atoms with E-state index in [-0.39, 0.29) is 5.56 Å². The average Bonchev–Trinajstić information content (AvgIpc) is 2.67. The third-order valence-electron chi connectivity index (χ3n) is 3.65. The van der Waals surface area contributed by atoms with Crippen LogP contribution in [-0.2, 0) is 6.42 Å². The van der Waals surface area contributed by atoms with E-state index >= 15 is 0 Å². The van der Waals surface area contributed by atoms with E-state index in [0.717, 1.165) is 37.3 Å². The number of aryl methyl sites for hydroxylation is 1. The van der Waals surface area contributed by atoms with Crippen LogP contribution in [0.2, 0.25) is 0 Å². The first-order valence-electron chi connectivity index (χ1n) is 6.41. The Bertz CT molecular complexity index is 623. The van der Waals surface area contributed by atoms with Crippen molar-refractivity contribution in [2.75, 3.05) is 19.6 Å². The molecule has 1 saturated heterocycles. The SMILES string of the molecule is CCc1c2nc[nH]c(=O)c2nn1C1CN(CC)C1. The lowest BCUT2D eigenvalue weighted by Crippen LogP contribution is -2.48. The summed E-state index contributed by atoms with van der Waals surface area (Å²) in [6.45, 7) is 7.32. The number of rotatable bonds is 3. The number of likely N-dealkylation sites (tertiary alicyclic amines) is 1. The summed E-state index contributed by atoms with van der Waals surface area (Å²) in [4.78, 5) is 20.9. The van der Waals surface area contributed by atoms with Crippen LogP contribution in [0.1, 0.15) is 25.6 Å². The molecule has 2 aromatic rings. The standard InChI is InChI=1S/C12H17N5O/c1-3-9-10-11(12(18)14-7-13-10)15-17(9)8-5-16(4-2)6-8/h7-8H,3-6H2,1-2H3,(H,13,14,18). The number of likely N-dealkylation sites (N-methyl/N-ethyl adjacent to an activating group) is 1. The van der Waals surface area contributed by atoms with Gasteiger partial charge in [-0.05, 0) is 13.0 Å². The van der Waals surface area contributed by atoms with Crippen molar-refractivity contribution >= 4 is 11.0 Å². The van der Waals surface area contributed by atoms with Crippen molar-refractivity contribution < 1.29 is 0 Å². The van der Waals surface area contributed by atoms with Crippen LogP contribution >= 0.6 is 0 Å². The Morgan fingerprint density at radius 2 is 2.17 bits per heavy atom. The highest BCUT2D eigenvalue weighted by atomic mass is 16.1. The predicted octanol–water partition coefficient (Wildman–Crippen LogP) is 0.559. The van der Waals surface area contributed by atoms with Crippen molar-refractivity contribution in [1.29, 1.82) is 0 Å². The molecule has 1 fully saturated rings. The molecule has 1 N–H and O–H groups in total. The van der Waals surface area contributed by atoms with E-state index < -0.39 is 0 Å². The molecule has 18 heavy (non-hydrogen) atoms. The fraction of sp³-hybridized carbons (Fsp3) is 0.583. The molecule has 1 aliphatic rings. The second-order valence-electron chi connectivity index (χ2n) is 4.68. The molecule has 6 heteroatoms. The van der Waals surface area contributed by atoms with E-state index in [2.05, 4.69) is 33.8 Å². The first kappa shape index (κ1) is 11.4. The maximum Gasteiger partial charge on any atom is 0.279 e. The maximum absolute atomic E-state index is 11.7. The molecule has 3 rings (SSSR count). The van der Waals surface area contributed by atoms with Gasteiger partial charge in [-0.3, -0.25) is 14.4 Å². The van der Waals surface area contributed by atoms with E-state index in [1.54, 1.807) is 0 Å². The third-order valence-corrected chi connectivity index (χ3v) is 3.65. The first-order valence-corrected chi connectivity index (χ1v) is 6.41. The molecule has 0 saturated carbocycles. The molecule has 0 amide bonds. The van der Waals surface area contributed by atoms with Gasteiger partial charge in [0.1, 0.15) is 5.52 Å². The Labute approximate surface area is 105 Å². The number of aromatic nitrogens is 4. The number of nitrogens with one attached hydrogen (secondary N) is 1. The number of hydrogen-bond acceptors (Lipinski definition) is 4. The topological polar surface area (TPSA) is 66.8 Å². The zero-order valence-corrected chi connectivity index (χ0v) is 10.7. The summed E-state index contributed by atoms with van der Waals surface area (Å²) in [5.74, 6) is 0. The molecule has 0 spiro atoms. The minimum absolute atomic E-state index is 0.153. The van der Waals surface area contributed by atoms with Gasteiger partial charge in [0.05, 0.1) is 18.1 Å². The third kappa shape index (κ3) is 1.56. The lowest BCUT2D eigenvalue weighted by molar-refractivity contribution is 0.104. The summed E-state index contributed by atoms with van der Waals surface area (Å²) in [7, 11) is 0. The van der Waals surface area contributed by atoms with Crippen LogP contribution in [0.25, 0.3) is 11.0 Å². The molecule has 0 bridgehead atoms. The van der Waals surface area contributed by atoms with Gasteiger partial charge in [-0.2, -0.15) is 5.10 Å². The smallest absolute Gasteiger partial charge is 0.279 e. The summed E-state index contributed by atoms with van der Waals surface area (Å²) >= 11 is 0. The van der Waals surface area contributed by atoms with Crippen molar-refractivity contribution in [2.45, 2.75) is 26.3 Å². The quantitative estimate of drug-likeness (QED) is 0.860. The highest BCUT2D eigenvalue weighted by Crippen LogP contribution is 2.24. The number of hydrogen-bond donors (Lipinski definition) is 1. The summed E-state index contributed by atoms with van der Waals surface area (Å²) in [6.07, 6.45) is 2.30. The first-order chi connectivity index (χ1) is 8.74. The van der Waals surface area contributed by atoms with Gasteiger partial charge in [-0.15, -0.1) is 0 Å². The summed E-state index contributed by atoms with van der Waals surface area (Å²) in [5.41, 5.74) is 2.12. The van der Waals surface area contributed by atoms with Crippen molar-refractivity contribution in [3.05, 3.63) is 22.4 Å². The van der Waals surface area contributed by atoms with E-state index in [1.165, 1.54) is 6.33 Å². The lowest BCUT2D eigenvalue weighted by Gasteiger charge is -2.39. The molecule has 0 unspecified atom stereocenters. The Morgan fingerprint density at radius 1 is 1.39 bits per heavy atom. The number of fused-ring (bicyclic) bond motifs is 1. The summed E-state index contributed by atoms with van der Waals surface area (Å²) in [5, 5.41) is 4.46. The van der Waals surface area contributed by atoms with Gasteiger partial charge in [-0.1, -0.05) is 13.8 Å². The summed E-state index contributed by atoms with van der Waals surface area (Å²) < 4.78 is 2.00. The second-order valence-corrected chi connectivity index (χ2v) is 4.68. The van der Waals surface area contributed by atoms with Crippen molar-refractivity contribution in [1.82, 2.24) is 24.6 Å².